The Kier molecular flexibility index (Phi) is 4.09. The summed E-state index contributed by atoms with van der Waals surface area (Å²) in [6.07, 6.45) is -0.0400. The van der Waals surface area contributed by atoms with Gasteiger partial charge >= 0.3 is 0 Å². The Balaban J connectivity index is 1.40. The molecule has 4 heteroatoms. The summed E-state index contributed by atoms with van der Waals surface area (Å²) in [5, 5.41) is 8.35. The number of hydrogen-bond donors (Lipinski definition) is 1. The maximum atomic E-state index is 5.92. The predicted octanol–water partition coefficient (Wildman–Crippen LogP) is 5.41. The summed E-state index contributed by atoms with van der Waals surface area (Å²) in [5.41, 5.74) is 6.77. The summed E-state index contributed by atoms with van der Waals surface area (Å²) >= 11 is 0. The van der Waals surface area contributed by atoms with E-state index in [0.717, 1.165) is 34.0 Å². The van der Waals surface area contributed by atoms with Crippen LogP contribution < -0.4 is 10.1 Å². The topological polar surface area (TPSA) is 39.1 Å². The minimum Gasteiger partial charge on any atom is -0.489 e. The molecule has 1 atom stereocenters. The first-order valence-corrected chi connectivity index (χ1v) is 9.47. The lowest BCUT2D eigenvalue weighted by Crippen LogP contribution is -2.25. The maximum absolute atomic E-state index is 5.92. The monoisotopic (exact) mass is 367 g/mol. The number of aromatic nitrogens is 2. The lowest BCUT2D eigenvalue weighted by molar-refractivity contribution is 0.306. The number of hydrogen-bond acceptors (Lipinski definition) is 3. The second-order valence-electron chi connectivity index (χ2n) is 7.05. The van der Waals surface area contributed by atoms with Crippen molar-refractivity contribution in [2.24, 2.45) is 0 Å². The van der Waals surface area contributed by atoms with E-state index in [9.17, 15) is 0 Å². The molecule has 1 aromatic heterocycles. The number of benzene rings is 3. The fraction of sp³-hybridized carbons (Fsp3) is 0.125. The minimum atomic E-state index is -0.0400. The largest absolute Gasteiger partial charge is 0.489 e. The average Bonchev–Trinajstić information content (AvgIpc) is 3.14. The summed E-state index contributed by atoms with van der Waals surface area (Å²) in [6.45, 7) is 2.60. The zero-order chi connectivity index (χ0) is 18.9. The maximum Gasteiger partial charge on any atom is 0.147 e. The SMILES string of the molecule is Cc1cc2n(n1)C(c1ccc(OCc3ccccc3)cc1)Nc1ccccc1-2. The van der Waals surface area contributed by atoms with Gasteiger partial charge in [0.1, 0.15) is 18.5 Å². The van der Waals surface area contributed by atoms with Gasteiger partial charge < -0.3 is 10.1 Å². The van der Waals surface area contributed by atoms with Crippen LogP contribution in [0.5, 0.6) is 5.75 Å². The van der Waals surface area contributed by atoms with Crippen LogP contribution in [0.3, 0.4) is 0 Å². The smallest absolute Gasteiger partial charge is 0.147 e. The molecule has 1 aliphatic rings. The molecule has 138 valence electrons. The molecule has 0 aliphatic carbocycles. The van der Waals surface area contributed by atoms with E-state index < -0.39 is 0 Å². The number of aryl methyl sites for hydroxylation is 1. The van der Waals surface area contributed by atoms with Crippen LogP contribution in [-0.4, -0.2) is 9.78 Å². The number of rotatable bonds is 4. The Morgan fingerprint density at radius 1 is 0.929 bits per heavy atom. The van der Waals surface area contributed by atoms with E-state index in [2.05, 4.69) is 64.6 Å². The van der Waals surface area contributed by atoms with Gasteiger partial charge in [-0.2, -0.15) is 5.10 Å². The van der Waals surface area contributed by atoms with Gasteiger partial charge in [-0.3, -0.25) is 0 Å². The normalized spacial score (nSPS) is 14.7. The molecule has 1 N–H and O–H groups in total. The number of anilines is 1. The molecule has 3 aromatic carbocycles. The van der Waals surface area contributed by atoms with E-state index in [1.165, 1.54) is 5.56 Å². The van der Waals surface area contributed by atoms with Gasteiger partial charge in [-0.25, -0.2) is 4.68 Å². The first-order chi connectivity index (χ1) is 13.8. The quantitative estimate of drug-likeness (QED) is 0.524. The van der Waals surface area contributed by atoms with Crippen LogP contribution in [0, 0.1) is 6.92 Å². The van der Waals surface area contributed by atoms with Gasteiger partial charge in [0.2, 0.25) is 0 Å². The van der Waals surface area contributed by atoms with Gasteiger partial charge in [0.05, 0.1) is 11.4 Å². The van der Waals surface area contributed by atoms with Gasteiger partial charge in [-0.15, -0.1) is 0 Å². The molecule has 0 saturated heterocycles. The van der Waals surface area contributed by atoms with Crippen molar-refractivity contribution >= 4 is 5.69 Å². The van der Waals surface area contributed by atoms with Crippen LogP contribution in [0.25, 0.3) is 11.3 Å². The fourth-order valence-electron chi connectivity index (χ4n) is 3.67. The van der Waals surface area contributed by atoms with Crippen molar-refractivity contribution in [1.82, 2.24) is 9.78 Å². The Morgan fingerprint density at radius 3 is 2.50 bits per heavy atom. The highest BCUT2D eigenvalue weighted by molar-refractivity contribution is 5.78. The van der Waals surface area contributed by atoms with Crippen LogP contribution in [0.15, 0.2) is 84.9 Å². The van der Waals surface area contributed by atoms with E-state index in [1.807, 2.05) is 37.3 Å². The van der Waals surface area contributed by atoms with Crippen molar-refractivity contribution in [3.63, 3.8) is 0 Å². The van der Waals surface area contributed by atoms with Crippen molar-refractivity contribution in [3.05, 3.63) is 102 Å². The fourth-order valence-corrected chi connectivity index (χ4v) is 3.67. The molecule has 0 radical (unpaired) electrons. The summed E-state index contributed by atoms with van der Waals surface area (Å²) in [5.74, 6) is 0.862. The molecule has 4 aromatic rings. The number of para-hydroxylation sites is 1. The molecule has 4 nitrogen and oxygen atoms in total. The third kappa shape index (κ3) is 3.03. The molecule has 1 aliphatic heterocycles. The van der Waals surface area contributed by atoms with Crippen LogP contribution in [0.2, 0.25) is 0 Å². The van der Waals surface area contributed by atoms with Gasteiger partial charge in [0, 0.05) is 11.3 Å². The number of fused-ring (bicyclic) bond motifs is 3. The molecule has 0 amide bonds. The van der Waals surface area contributed by atoms with Crippen molar-refractivity contribution < 1.29 is 4.74 Å². The van der Waals surface area contributed by atoms with E-state index in [1.54, 1.807) is 0 Å². The lowest BCUT2D eigenvalue weighted by Gasteiger charge is -2.29. The minimum absolute atomic E-state index is 0.0400. The molecular formula is C24H21N3O. The number of nitrogens with zero attached hydrogens (tertiary/aromatic N) is 2. The van der Waals surface area contributed by atoms with Crippen LogP contribution >= 0.6 is 0 Å². The summed E-state index contributed by atoms with van der Waals surface area (Å²) < 4.78 is 7.99. The Hall–Kier alpha value is -3.53. The zero-order valence-corrected chi connectivity index (χ0v) is 15.7. The zero-order valence-electron chi connectivity index (χ0n) is 15.7. The molecule has 5 rings (SSSR count). The lowest BCUT2D eigenvalue weighted by atomic mass is 10.0. The second kappa shape index (κ2) is 6.89. The molecule has 0 saturated carbocycles. The molecule has 0 spiro atoms. The third-order valence-corrected chi connectivity index (χ3v) is 5.04. The van der Waals surface area contributed by atoms with Crippen LogP contribution in [-0.2, 0) is 6.61 Å². The Morgan fingerprint density at radius 2 is 1.68 bits per heavy atom. The third-order valence-electron chi connectivity index (χ3n) is 5.04. The average molecular weight is 367 g/mol. The predicted molar refractivity (Wildman–Crippen MR) is 111 cm³/mol. The second-order valence-corrected chi connectivity index (χ2v) is 7.05. The van der Waals surface area contributed by atoms with Crippen molar-refractivity contribution in [2.45, 2.75) is 19.7 Å². The molecular weight excluding hydrogens is 346 g/mol. The highest BCUT2D eigenvalue weighted by Crippen LogP contribution is 2.38. The highest BCUT2D eigenvalue weighted by Gasteiger charge is 2.26. The van der Waals surface area contributed by atoms with E-state index in [4.69, 9.17) is 9.84 Å². The standard InChI is InChI=1S/C24H21N3O/c1-17-15-23-21-9-5-6-10-22(21)25-24(27(23)26-17)19-11-13-20(14-12-19)28-16-18-7-3-2-4-8-18/h2-15,24-25H,16H2,1H3. The van der Waals surface area contributed by atoms with E-state index in [-0.39, 0.29) is 6.17 Å². The molecule has 0 fully saturated rings. The first-order valence-electron chi connectivity index (χ1n) is 9.47. The van der Waals surface area contributed by atoms with Gasteiger partial charge in [-0.05, 0) is 42.3 Å². The summed E-state index contributed by atoms with van der Waals surface area (Å²) in [6, 6.07) is 29.0. The number of ether oxygens (including phenoxy) is 1. The van der Waals surface area contributed by atoms with Crippen LogP contribution in [0.1, 0.15) is 23.0 Å². The van der Waals surface area contributed by atoms with Crippen molar-refractivity contribution in [3.8, 4) is 17.0 Å². The van der Waals surface area contributed by atoms with Gasteiger partial charge in [0.15, 0.2) is 0 Å². The summed E-state index contributed by atoms with van der Waals surface area (Å²) in [4.78, 5) is 0. The van der Waals surface area contributed by atoms with Crippen LogP contribution in [0.4, 0.5) is 5.69 Å². The summed E-state index contributed by atoms with van der Waals surface area (Å²) in [7, 11) is 0. The van der Waals surface area contributed by atoms with Gasteiger partial charge in [-0.1, -0.05) is 60.7 Å². The molecule has 28 heavy (non-hydrogen) atoms. The van der Waals surface area contributed by atoms with Gasteiger partial charge in [0.25, 0.3) is 0 Å². The molecule has 2 heterocycles. The van der Waals surface area contributed by atoms with E-state index >= 15 is 0 Å². The van der Waals surface area contributed by atoms with Crippen molar-refractivity contribution in [2.75, 3.05) is 5.32 Å². The highest BCUT2D eigenvalue weighted by atomic mass is 16.5. The number of nitrogens with one attached hydrogen (secondary N) is 1. The van der Waals surface area contributed by atoms with Crippen molar-refractivity contribution in [1.29, 1.82) is 0 Å². The molecule has 1 unspecified atom stereocenters. The first kappa shape index (κ1) is 16.6. The Labute approximate surface area is 164 Å². The molecule has 0 bridgehead atoms. The van der Waals surface area contributed by atoms with E-state index in [0.29, 0.717) is 6.61 Å². The Bertz CT molecular complexity index is 1100.